The summed E-state index contributed by atoms with van der Waals surface area (Å²) < 4.78 is 13.3. The van der Waals surface area contributed by atoms with Gasteiger partial charge in [-0.05, 0) is 32.7 Å². The van der Waals surface area contributed by atoms with Crippen LogP contribution >= 0.6 is 0 Å². The van der Waals surface area contributed by atoms with Crippen LogP contribution in [0, 0.1) is 0 Å². The zero-order valence-corrected chi connectivity index (χ0v) is 11.1. The molecule has 18 heavy (non-hydrogen) atoms. The van der Waals surface area contributed by atoms with Gasteiger partial charge >= 0.3 is 0 Å². The summed E-state index contributed by atoms with van der Waals surface area (Å²) in [5.74, 6) is -0.0879. The lowest BCUT2D eigenvalue weighted by Crippen LogP contribution is -2.49. The van der Waals surface area contributed by atoms with Gasteiger partial charge in [0.25, 0.3) is 0 Å². The Kier molecular flexibility index (Phi) is 4.56. The van der Waals surface area contributed by atoms with E-state index in [0.717, 1.165) is 13.0 Å². The minimum absolute atomic E-state index is 0.0159. The summed E-state index contributed by atoms with van der Waals surface area (Å²) >= 11 is 0. The van der Waals surface area contributed by atoms with Gasteiger partial charge in [0.2, 0.25) is 5.91 Å². The van der Waals surface area contributed by atoms with Crippen LogP contribution < -0.4 is 11.1 Å². The molecule has 0 saturated carbocycles. The molecule has 0 aromatic carbocycles. The molecule has 104 valence electrons. The van der Waals surface area contributed by atoms with E-state index < -0.39 is 12.2 Å². The van der Waals surface area contributed by atoms with Crippen molar-refractivity contribution in [2.75, 3.05) is 13.1 Å². The number of carbonyl (C=O) groups is 1. The number of nitrogens with zero attached hydrogens (tertiary/aromatic N) is 1. The highest BCUT2D eigenvalue weighted by Crippen LogP contribution is 2.21. The largest absolute Gasteiger partial charge is 0.336 e. The fourth-order valence-electron chi connectivity index (χ4n) is 3.02. The van der Waals surface area contributed by atoms with Crippen molar-refractivity contribution >= 4 is 5.91 Å². The van der Waals surface area contributed by atoms with Crippen LogP contribution in [0.25, 0.3) is 0 Å². The number of piperidine rings is 1. The Morgan fingerprint density at radius 1 is 1.56 bits per heavy atom. The number of hydrogen-bond donors (Lipinski definition) is 2. The van der Waals surface area contributed by atoms with E-state index in [4.69, 9.17) is 5.73 Å². The van der Waals surface area contributed by atoms with Gasteiger partial charge in [0.05, 0.1) is 12.6 Å². The molecule has 5 heteroatoms. The average Bonchev–Trinajstić information content (AvgIpc) is 2.68. The summed E-state index contributed by atoms with van der Waals surface area (Å²) in [7, 11) is 0. The number of nitrogens with two attached hydrogens (primary N) is 1. The van der Waals surface area contributed by atoms with Crippen LogP contribution in [0.3, 0.4) is 0 Å². The van der Waals surface area contributed by atoms with Gasteiger partial charge in [-0.2, -0.15) is 0 Å². The van der Waals surface area contributed by atoms with Gasteiger partial charge in [0, 0.05) is 18.5 Å². The van der Waals surface area contributed by atoms with Crippen molar-refractivity contribution in [3.8, 4) is 0 Å². The van der Waals surface area contributed by atoms with Crippen LogP contribution in [0.4, 0.5) is 4.39 Å². The number of amides is 1. The van der Waals surface area contributed by atoms with Crippen LogP contribution in [-0.2, 0) is 4.79 Å². The second-order valence-electron chi connectivity index (χ2n) is 5.66. The van der Waals surface area contributed by atoms with E-state index in [1.54, 1.807) is 4.90 Å². The number of rotatable bonds is 3. The maximum Gasteiger partial charge on any atom is 0.239 e. The fourth-order valence-corrected chi connectivity index (χ4v) is 3.02. The lowest BCUT2D eigenvalue weighted by Gasteiger charge is -2.29. The summed E-state index contributed by atoms with van der Waals surface area (Å²) in [6.45, 7) is 3.12. The highest BCUT2D eigenvalue weighted by atomic mass is 19.1. The Bertz CT molecular complexity index is 294. The summed E-state index contributed by atoms with van der Waals surface area (Å²) in [6, 6.07) is -0.164. The lowest BCUT2D eigenvalue weighted by atomic mass is 9.98. The third-order valence-corrected chi connectivity index (χ3v) is 4.07. The molecule has 1 unspecified atom stereocenters. The van der Waals surface area contributed by atoms with Gasteiger partial charge in [0.15, 0.2) is 0 Å². The second kappa shape index (κ2) is 5.97. The first-order chi connectivity index (χ1) is 8.58. The van der Waals surface area contributed by atoms with E-state index in [0.29, 0.717) is 18.9 Å². The quantitative estimate of drug-likeness (QED) is 0.786. The Balaban J connectivity index is 1.84. The zero-order valence-electron chi connectivity index (χ0n) is 11.1. The molecule has 2 rings (SSSR count). The summed E-state index contributed by atoms with van der Waals surface area (Å²) in [6.07, 6.45) is 3.71. The first-order valence-electron chi connectivity index (χ1n) is 7.01. The summed E-state index contributed by atoms with van der Waals surface area (Å²) in [5, 5.41) is 3.39. The first-order valence-corrected chi connectivity index (χ1v) is 7.01. The van der Waals surface area contributed by atoms with E-state index in [1.165, 1.54) is 12.8 Å². The van der Waals surface area contributed by atoms with E-state index >= 15 is 0 Å². The van der Waals surface area contributed by atoms with Crippen molar-refractivity contribution < 1.29 is 9.18 Å². The van der Waals surface area contributed by atoms with Gasteiger partial charge in [-0.3, -0.25) is 4.79 Å². The Labute approximate surface area is 108 Å². The monoisotopic (exact) mass is 257 g/mol. The fraction of sp³-hybridized carbons (Fsp3) is 0.923. The van der Waals surface area contributed by atoms with Crippen LogP contribution in [0.1, 0.15) is 39.0 Å². The minimum atomic E-state index is -0.885. The van der Waals surface area contributed by atoms with Gasteiger partial charge in [0.1, 0.15) is 6.17 Å². The van der Waals surface area contributed by atoms with Crippen molar-refractivity contribution in [3.63, 3.8) is 0 Å². The molecular weight excluding hydrogens is 233 g/mol. The molecule has 0 radical (unpaired) electrons. The number of alkyl halides is 1. The Morgan fingerprint density at radius 3 is 2.89 bits per heavy atom. The summed E-state index contributed by atoms with van der Waals surface area (Å²) in [4.78, 5) is 13.8. The van der Waals surface area contributed by atoms with E-state index in [2.05, 4.69) is 5.32 Å². The maximum absolute atomic E-state index is 13.3. The third kappa shape index (κ3) is 3.20. The topological polar surface area (TPSA) is 58.4 Å². The predicted octanol–water partition coefficient (Wildman–Crippen LogP) is 0.805. The van der Waals surface area contributed by atoms with Crippen LogP contribution in [-0.4, -0.2) is 48.2 Å². The van der Waals surface area contributed by atoms with E-state index in [-0.39, 0.29) is 18.5 Å². The van der Waals surface area contributed by atoms with Crippen molar-refractivity contribution in [2.24, 2.45) is 5.73 Å². The van der Waals surface area contributed by atoms with Gasteiger partial charge < -0.3 is 16.0 Å². The highest BCUT2D eigenvalue weighted by molar-refractivity contribution is 5.82. The van der Waals surface area contributed by atoms with Crippen molar-refractivity contribution in [1.29, 1.82) is 0 Å². The molecule has 2 fully saturated rings. The minimum Gasteiger partial charge on any atom is -0.336 e. The van der Waals surface area contributed by atoms with Crippen molar-refractivity contribution in [1.82, 2.24) is 10.2 Å². The lowest BCUT2D eigenvalue weighted by molar-refractivity contribution is -0.133. The smallest absolute Gasteiger partial charge is 0.239 e. The second-order valence-corrected chi connectivity index (χ2v) is 5.66. The van der Waals surface area contributed by atoms with Crippen molar-refractivity contribution in [3.05, 3.63) is 0 Å². The normalized spacial score (nSPS) is 34.6. The van der Waals surface area contributed by atoms with Gasteiger partial charge in [-0.25, -0.2) is 4.39 Å². The Morgan fingerprint density at radius 2 is 2.33 bits per heavy atom. The van der Waals surface area contributed by atoms with E-state index in [1.807, 2.05) is 6.92 Å². The molecule has 0 aromatic rings. The molecule has 1 amide bonds. The standard InChI is InChI=1S/C13H24FN3O/c1-9-6-10(14)8-17(9)13(18)12(15)7-11-4-2-3-5-16-11/h9-12,16H,2-8,15H2,1H3/t9-,10+,11?,12+/m1/s1. The predicted molar refractivity (Wildman–Crippen MR) is 68.9 cm³/mol. The van der Waals surface area contributed by atoms with Crippen LogP contribution in [0.2, 0.25) is 0 Å². The average molecular weight is 257 g/mol. The molecule has 4 atom stereocenters. The molecule has 0 aliphatic carbocycles. The van der Waals surface area contributed by atoms with Gasteiger partial charge in [-0.15, -0.1) is 0 Å². The number of halogens is 1. The highest BCUT2D eigenvalue weighted by Gasteiger charge is 2.35. The molecule has 0 bridgehead atoms. The maximum atomic E-state index is 13.3. The van der Waals surface area contributed by atoms with E-state index in [9.17, 15) is 9.18 Å². The first kappa shape index (κ1) is 13.7. The molecule has 0 aromatic heterocycles. The molecule has 4 nitrogen and oxygen atoms in total. The molecule has 2 aliphatic heterocycles. The van der Waals surface area contributed by atoms with Gasteiger partial charge in [-0.1, -0.05) is 6.42 Å². The zero-order chi connectivity index (χ0) is 13.1. The Hall–Kier alpha value is -0.680. The summed E-state index contributed by atoms with van der Waals surface area (Å²) in [5.41, 5.74) is 5.98. The third-order valence-electron chi connectivity index (χ3n) is 4.07. The number of nitrogens with one attached hydrogen (secondary N) is 1. The van der Waals surface area contributed by atoms with Crippen LogP contribution in [0.15, 0.2) is 0 Å². The number of likely N-dealkylation sites (tertiary alicyclic amines) is 1. The molecule has 0 spiro atoms. The molecule has 2 saturated heterocycles. The number of hydrogen-bond acceptors (Lipinski definition) is 3. The molecule has 3 N–H and O–H groups in total. The molecule has 2 aliphatic rings. The number of carbonyl (C=O) groups excluding carboxylic acids is 1. The molecule has 2 heterocycles. The molecular formula is C13H24FN3O. The van der Waals surface area contributed by atoms with Crippen molar-refractivity contribution in [2.45, 2.75) is 63.3 Å². The SMILES string of the molecule is C[C@@H]1C[C@H](F)CN1C(=O)[C@@H](N)CC1CCCCN1. The van der Waals surface area contributed by atoms with Crippen LogP contribution in [0.5, 0.6) is 0 Å².